The van der Waals surface area contributed by atoms with Gasteiger partial charge in [-0.2, -0.15) is 0 Å². The molecular formula is C13H16N2O3. The van der Waals surface area contributed by atoms with Crippen LogP contribution in [0.2, 0.25) is 0 Å². The van der Waals surface area contributed by atoms with Crippen LogP contribution < -0.4 is 10.6 Å². The monoisotopic (exact) mass is 248 g/mol. The zero-order valence-corrected chi connectivity index (χ0v) is 10.2. The summed E-state index contributed by atoms with van der Waals surface area (Å²) in [5.41, 5.74) is 1.15. The highest BCUT2D eigenvalue weighted by atomic mass is 16.5. The number of esters is 1. The van der Waals surface area contributed by atoms with Gasteiger partial charge < -0.3 is 15.4 Å². The van der Waals surface area contributed by atoms with Crippen LogP contribution in [-0.2, 0) is 9.53 Å². The van der Waals surface area contributed by atoms with Gasteiger partial charge in [-0.05, 0) is 43.7 Å². The Hall–Kier alpha value is -1.88. The number of carbonyl (C=O) groups is 2. The summed E-state index contributed by atoms with van der Waals surface area (Å²) in [6, 6.07) is 6.54. The van der Waals surface area contributed by atoms with Crippen LogP contribution in [0.15, 0.2) is 24.3 Å². The second-order valence-corrected chi connectivity index (χ2v) is 4.21. The van der Waals surface area contributed by atoms with Gasteiger partial charge in [0.1, 0.15) is 0 Å². The van der Waals surface area contributed by atoms with E-state index in [-0.39, 0.29) is 17.9 Å². The van der Waals surface area contributed by atoms with E-state index in [1.807, 2.05) is 0 Å². The topological polar surface area (TPSA) is 67.4 Å². The average Bonchev–Trinajstić information content (AvgIpc) is 2.92. The van der Waals surface area contributed by atoms with E-state index < -0.39 is 0 Å². The summed E-state index contributed by atoms with van der Waals surface area (Å²) < 4.78 is 4.60. The molecule has 1 aromatic carbocycles. The Morgan fingerprint density at radius 2 is 2.06 bits per heavy atom. The molecule has 1 amide bonds. The Balaban J connectivity index is 1.97. The first-order chi connectivity index (χ1) is 8.70. The zero-order chi connectivity index (χ0) is 13.0. The van der Waals surface area contributed by atoms with Gasteiger partial charge in [-0.15, -0.1) is 0 Å². The molecule has 1 aliphatic heterocycles. The molecule has 2 rings (SSSR count). The molecule has 0 radical (unpaired) electrons. The van der Waals surface area contributed by atoms with E-state index in [1.54, 1.807) is 24.3 Å². The average molecular weight is 248 g/mol. The Morgan fingerprint density at radius 1 is 1.33 bits per heavy atom. The van der Waals surface area contributed by atoms with Gasteiger partial charge in [0.25, 0.3) is 0 Å². The fourth-order valence-electron chi connectivity index (χ4n) is 1.95. The van der Waals surface area contributed by atoms with Crippen LogP contribution in [0.3, 0.4) is 0 Å². The van der Waals surface area contributed by atoms with E-state index >= 15 is 0 Å². The lowest BCUT2D eigenvalue weighted by Crippen LogP contribution is -2.35. The lowest BCUT2D eigenvalue weighted by atomic mass is 10.2. The van der Waals surface area contributed by atoms with Gasteiger partial charge in [-0.1, -0.05) is 0 Å². The fourth-order valence-corrected chi connectivity index (χ4v) is 1.95. The van der Waals surface area contributed by atoms with Crippen molar-refractivity contribution in [3.63, 3.8) is 0 Å². The summed E-state index contributed by atoms with van der Waals surface area (Å²) >= 11 is 0. The maximum atomic E-state index is 11.8. The van der Waals surface area contributed by atoms with Crippen molar-refractivity contribution in [3.8, 4) is 0 Å². The molecule has 5 heteroatoms. The van der Waals surface area contributed by atoms with Crippen molar-refractivity contribution in [2.24, 2.45) is 0 Å². The molecule has 0 aliphatic carbocycles. The Morgan fingerprint density at radius 3 is 2.61 bits per heavy atom. The van der Waals surface area contributed by atoms with E-state index in [0.29, 0.717) is 11.3 Å². The van der Waals surface area contributed by atoms with E-state index in [4.69, 9.17) is 0 Å². The summed E-state index contributed by atoms with van der Waals surface area (Å²) in [4.78, 5) is 23.1. The first-order valence-corrected chi connectivity index (χ1v) is 5.93. The van der Waals surface area contributed by atoms with Crippen LogP contribution in [-0.4, -0.2) is 31.6 Å². The minimum atomic E-state index is -0.384. The second-order valence-electron chi connectivity index (χ2n) is 4.21. The van der Waals surface area contributed by atoms with Gasteiger partial charge in [0.2, 0.25) is 5.91 Å². The molecule has 1 aromatic rings. The van der Waals surface area contributed by atoms with Crippen molar-refractivity contribution in [2.75, 3.05) is 19.0 Å². The lowest BCUT2D eigenvalue weighted by Gasteiger charge is -2.11. The summed E-state index contributed by atoms with van der Waals surface area (Å²) in [7, 11) is 1.34. The van der Waals surface area contributed by atoms with Gasteiger partial charge >= 0.3 is 5.97 Å². The first kappa shape index (κ1) is 12.6. The molecule has 2 N–H and O–H groups in total. The van der Waals surface area contributed by atoms with Crippen molar-refractivity contribution in [1.82, 2.24) is 5.32 Å². The van der Waals surface area contributed by atoms with Crippen molar-refractivity contribution in [3.05, 3.63) is 29.8 Å². The lowest BCUT2D eigenvalue weighted by molar-refractivity contribution is -0.117. The number of benzene rings is 1. The van der Waals surface area contributed by atoms with Crippen LogP contribution in [0.25, 0.3) is 0 Å². The van der Waals surface area contributed by atoms with E-state index in [0.717, 1.165) is 19.4 Å². The number of amides is 1. The predicted octanol–water partition coefficient (Wildman–Crippen LogP) is 1.16. The largest absolute Gasteiger partial charge is 0.465 e. The number of carbonyl (C=O) groups excluding carboxylic acids is 2. The van der Waals surface area contributed by atoms with Gasteiger partial charge in [-0.25, -0.2) is 4.79 Å². The van der Waals surface area contributed by atoms with Crippen molar-refractivity contribution < 1.29 is 14.3 Å². The van der Waals surface area contributed by atoms with Crippen molar-refractivity contribution in [1.29, 1.82) is 0 Å². The van der Waals surface area contributed by atoms with Gasteiger partial charge in [0, 0.05) is 5.69 Å². The van der Waals surface area contributed by atoms with E-state index in [2.05, 4.69) is 15.4 Å². The van der Waals surface area contributed by atoms with Crippen LogP contribution in [0, 0.1) is 0 Å². The summed E-state index contributed by atoms with van der Waals surface area (Å²) in [6.07, 6.45) is 1.89. The number of hydrogen-bond acceptors (Lipinski definition) is 4. The van der Waals surface area contributed by atoms with E-state index in [1.165, 1.54) is 7.11 Å². The highest BCUT2D eigenvalue weighted by Crippen LogP contribution is 2.13. The number of ether oxygens (including phenoxy) is 1. The first-order valence-electron chi connectivity index (χ1n) is 5.93. The molecule has 0 aromatic heterocycles. The molecule has 1 heterocycles. The third-order valence-corrected chi connectivity index (χ3v) is 2.95. The second kappa shape index (κ2) is 5.64. The van der Waals surface area contributed by atoms with Gasteiger partial charge in [0.05, 0.1) is 18.7 Å². The van der Waals surface area contributed by atoms with Crippen LogP contribution in [0.5, 0.6) is 0 Å². The Labute approximate surface area is 106 Å². The van der Waals surface area contributed by atoms with Crippen LogP contribution >= 0.6 is 0 Å². The minimum absolute atomic E-state index is 0.0293. The van der Waals surface area contributed by atoms with Gasteiger partial charge in [-0.3, -0.25) is 4.79 Å². The third-order valence-electron chi connectivity index (χ3n) is 2.95. The highest BCUT2D eigenvalue weighted by molar-refractivity contribution is 5.96. The quantitative estimate of drug-likeness (QED) is 0.788. The summed E-state index contributed by atoms with van der Waals surface area (Å²) in [6.45, 7) is 0.888. The molecule has 0 spiro atoms. The zero-order valence-electron chi connectivity index (χ0n) is 10.2. The molecule has 1 aliphatic rings. The number of hydrogen-bond donors (Lipinski definition) is 2. The molecule has 1 fully saturated rings. The number of methoxy groups -OCH3 is 1. The Bertz CT molecular complexity index is 436. The normalized spacial score (nSPS) is 18.4. The van der Waals surface area contributed by atoms with Crippen LogP contribution in [0.4, 0.5) is 5.69 Å². The fraction of sp³-hybridized carbons (Fsp3) is 0.385. The molecule has 0 saturated carbocycles. The highest BCUT2D eigenvalue weighted by Gasteiger charge is 2.21. The smallest absolute Gasteiger partial charge is 0.337 e. The number of nitrogens with one attached hydrogen (secondary N) is 2. The number of rotatable bonds is 3. The van der Waals surface area contributed by atoms with Crippen molar-refractivity contribution >= 4 is 17.6 Å². The molecule has 1 atom stereocenters. The van der Waals surface area contributed by atoms with Crippen LogP contribution in [0.1, 0.15) is 23.2 Å². The molecule has 96 valence electrons. The summed E-state index contributed by atoms with van der Waals surface area (Å²) in [5.74, 6) is -0.413. The maximum absolute atomic E-state index is 11.8. The summed E-state index contributed by atoms with van der Waals surface area (Å²) in [5, 5.41) is 5.94. The van der Waals surface area contributed by atoms with Gasteiger partial charge in [0.15, 0.2) is 0 Å². The van der Waals surface area contributed by atoms with Crippen molar-refractivity contribution in [2.45, 2.75) is 18.9 Å². The van der Waals surface area contributed by atoms with E-state index in [9.17, 15) is 9.59 Å². The maximum Gasteiger partial charge on any atom is 0.337 e. The molecule has 0 unspecified atom stereocenters. The Kier molecular flexibility index (Phi) is 3.94. The standard InChI is InChI=1S/C13H16N2O3/c1-18-13(17)9-4-6-10(7-5-9)15-12(16)11-3-2-8-14-11/h4-7,11,14H,2-3,8H2,1H3,(H,15,16)/t11-/m0/s1. The minimum Gasteiger partial charge on any atom is -0.465 e. The molecule has 5 nitrogen and oxygen atoms in total. The molecular weight excluding hydrogens is 232 g/mol. The third kappa shape index (κ3) is 2.87. The number of anilines is 1. The molecule has 18 heavy (non-hydrogen) atoms. The molecule has 1 saturated heterocycles. The molecule has 0 bridgehead atoms. The predicted molar refractivity (Wildman–Crippen MR) is 67.4 cm³/mol. The SMILES string of the molecule is COC(=O)c1ccc(NC(=O)[C@@H]2CCCN2)cc1.